The van der Waals surface area contributed by atoms with Crippen molar-refractivity contribution in [2.45, 2.75) is 63.8 Å². The molecule has 4 aliphatic rings. The monoisotopic (exact) mass is 366 g/mol. The molecule has 2 unspecified atom stereocenters. The van der Waals surface area contributed by atoms with Crippen molar-refractivity contribution in [2.75, 3.05) is 19.8 Å². The van der Waals surface area contributed by atoms with Gasteiger partial charge in [-0.05, 0) is 49.4 Å². The maximum atomic E-state index is 11.8. The van der Waals surface area contributed by atoms with E-state index in [1.54, 1.807) is 0 Å². The van der Waals surface area contributed by atoms with E-state index in [0.29, 0.717) is 18.4 Å². The van der Waals surface area contributed by atoms with Crippen LogP contribution in [-0.2, 0) is 14.3 Å². The lowest BCUT2D eigenvalue weighted by Gasteiger charge is -2.60. The SMILES string of the molecule is C[C@]12CC[C@@H](O)[C@@](C)(CO)C1CC[C@]1(CO1)C2CC=C1C(=O)OC[C@H]1O. The Labute approximate surface area is 154 Å². The lowest BCUT2D eigenvalue weighted by molar-refractivity contribution is -0.175. The molecule has 1 spiro atoms. The minimum Gasteiger partial charge on any atom is -0.459 e. The maximum Gasteiger partial charge on any atom is 0.336 e. The van der Waals surface area contributed by atoms with Crippen LogP contribution in [0, 0.1) is 22.7 Å². The molecule has 0 amide bonds. The Morgan fingerprint density at radius 1 is 1.23 bits per heavy atom. The number of carbonyl (C=O) groups excluding carboxylic acids is 1. The third-order valence-corrected chi connectivity index (χ3v) is 7.99. The van der Waals surface area contributed by atoms with Gasteiger partial charge in [0.2, 0.25) is 0 Å². The molecule has 2 saturated carbocycles. The highest BCUT2D eigenvalue weighted by Crippen LogP contribution is 2.66. The highest BCUT2D eigenvalue weighted by molar-refractivity contribution is 5.91. The first-order valence-corrected chi connectivity index (χ1v) is 9.75. The van der Waals surface area contributed by atoms with Gasteiger partial charge in [-0.25, -0.2) is 4.79 Å². The van der Waals surface area contributed by atoms with Crippen LogP contribution in [-0.4, -0.2) is 58.9 Å². The molecule has 0 bridgehead atoms. The largest absolute Gasteiger partial charge is 0.459 e. The minimum atomic E-state index is -0.846. The first-order valence-electron chi connectivity index (χ1n) is 9.75. The minimum absolute atomic E-state index is 0.0267. The predicted octanol–water partition coefficient (Wildman–Crippen LogP) is 1.18. The van der Waals surface area contributed by atoms with Gasteiger partial charge in [0, 0.05) is 5.41 Å². The van der Waals surface area contributed by atoms with Gasteiger partial charge in [0.1, 0.15) is 12.7 Å². The molecule has 7 atom stereocenters. The predicted molar refractivity (Wildman–Crippen MR) is 93.1 cm³/mol. The zero-order valence-electron chi connectivity index (χ0n) is 15.6. The molecule has 3 N–H and O–H groups in total. The van der Waals surface area contributed by atoms with E-state index in [1.165, 1.54) is 0 Å². The van der Waals surface area contributed by atoms with Crippen LogP contribution in [0.5, 0.6) is 0 Å². The Bertz CT molecular complexity index is 626. The van der Waals surface area contributed by atoms with E-state index in [4.69, 9.17) is 9.47 Å². The second kappa shape index (κ2) is 6.03. The van der Waals surface area contributed by atoms with E-state index >= 15 is 0 Å². The number of rotatable bonds is 3. The number of allylic oxidation sites excluding steroid dienone is 1. The van der Waals surface area contributed by atoms with E-state index < -0.39 is 23.6 Å². The van der Waals surface area contributed by atoms with Crippen LogP contribution in [0.25, 0.3) is 0 Å². The molecule has 4 rings (SSSR count). The first-order chi connectivity index (χ1) is 12.3. The number of esters is 1. The summed E-state index contributed by atoms with van der Waals surface area (Å²) in [6.45, 7) is 4.99. The number of hydrogen-bond donors (Lipinski definition) is 3. The van der Waals surface area contributed by atoms with Crippen LogP contribution >= 0.6 is 0 Å². The molecule has 4 fully saturated rings. The van der Waals surface area contributed by atoms with Gasteiger partial charge in [-0.15, -0.1) is 0 Å². The number of cyclic esters (lactones) is 1. The first kappa shape index (κ1) is 18.4. The van der Waals surface area contributed by atoms with E-state index in [1.807, 2.05) is 13.0 Å². The third kappa shape index (κ3) is 2.49. The highest BCUT2D eigenvalue weighted by Gasteiger charge is 2.66. The van der Waals surface area contributed by atoms with Crippen molar-refractivity contribution in [3.63, 3.8) is 0 Å². The van der Waals surface area contributed by atoms with Gasteiger partial charge in [-0.1, -0.05) is 19.9 Å². The summed E-state index contributed by atoms with van der Waals surface area (Å²) in [6.07, 6.45) is 4.53. The summed E-state index contributed by atoms with van der Waals surface area (Å²) in [5.74, 6) is -0.0392. The van der Waals surface area contributed by atoms with Crippen molar-refractivity contribution in [2.24, 2.45) is 22.7 Å². The van der Waals surface area contributed by atoms with E-state index in [0.717, 1.165) is 25.9 Å². The quantitative estimate of drug-likeness (QED) is 0.394. The van der Waals surface area contributed by atoms with Crippen molar-refractivity contribution in [3.8, 4) is 0 Å². The van der Waals surface area contributed by atoms with Crippen molar-refractivity contribution in [1.29, 1.82) is 0 Å². The number of carbonyl (C=O) groups is 1. The maximum absolute atomic E-state index is 11.8. The Balaban J connectivity index is 1.66. The molecule has 2 aliphatic carbocycles. The van der Waals surface area contributed by atoms with Gasteiger partial charge in [0.05, 0.1) is 30.5 Å². The van der Waals surface area contributed by atoms with Crippen LogP contribution in [0.2, 0.25) is 0 Å². The number of aliphatic hydroxyl groups excluding tert-OH is 3. The van der Waals surface area contributed by atoms with Crippen LogP contribution in [0.4, 0.5) is 0 Å². The summed E-state index contributed by atoms with van der Waals surface area (Å²) in [5.41, 5.74) is -0.405. The number of hydrogen-bond acceptors (Lipinski definition) is 6. The molecule has 2 aliphatic heterocycles. The van der Waals surface area contributed by atoms with Crippen LogP contribution in [0.1, 0.15) is 46.0 Å². The molecule has 0 aromatic heterocycles. The third-order valence-electron chi connectivity index (χ3n) is 7.99. The average Bonchev–Trinajstić information content (AvgIpc) is 3.31. The number of epoxide rings is 1. The number of aliphatic hydroxyl groups is 3. The fourth-order valence-electron chi connectivity index (χ4n) is 6.24. The summed E-state index contributed by atoms with van der Waals surface area (Å²) in [6, 6.07) is 0. The van der Waals surface area contributed by atoms with E-state index in [-0.39, 0.29) is 36.1 Å². The fraction of sp³-hybridized carbons (Fsp3) is 0.850. The smallest absolute Gasteiger partial charge is 0.336 e. The molecule has 0 aromatic carbocycles. The van der Waals surface area contributed by atoms with Crippen molar-refractivity contribution >= 4 is 5.97 Å². The topological polar surface area (TPSA) is 99.5 Å². The Hall–Kier alpha value is -0.950. The zero-order chi connectivity index (χ0) is 18.7. The Kier molecular flexibility index (Phi) is 4.27. The van der Waals surface area contributed by atoms with Crippen molar-refractivity contribution < 1.29 is 29.6 Å². The molecule has 2 saturated heterocycles. The number of ether oxygens (including phenoxy) is 2. The zero-order valence-corrected chi connectivity index (χ0v) is 15.6. The molecule has 2 heterocycles. The molecule has 26 heavy (non-hydrogen) atoms. The summed E-state index contributed by atoms with van der Waals surface area (Å²) < 4.78 is 10.9. The van der Waals surface area contributed by atoms with Gasteiger partial charge in [-0.2, -0.15) is 0 Å². The van der Waals surface area contributed by atoms with Crippen LogP contribution in [0.3, 0.4) is 0 Å². The molecule has 6 nitrogen and oxygen atoms in total. The summed E-state index contributed by atoms with van der Waals surface area (Å²) in [7, 11) is 0. The molecular formula is C20H30O6. The van der Waals surface area contributed by atoms with E-state index in [9.17, 15) is 20.1 Å². The lowest BCUT2D eigenvalue weighted by Crippen LogP contribution is -2.60. The van der Waals surface area contributed by atoms with Gasteiger partial charge < -0.3 is 24.8 Å². The van der Waals surface area contributed by atoms with Crippen molar-refractivity contribution in [1.82, 2.24) is 0 Å². The Morgan fingerprint density at radius 2 is 1.96 bits per heavy atom. The lowest BCUT2D eigenvalue weighted by atomic mass is 9.45. The normalized spacial score (nSPS) is 52.2. The molecule has 146 valence electrons. The summed E-state index contributed by atoms with van der Waals surface area (Å²) in [4.78, 5) is 11.8. The van der Waals surface area contributed by atoms with Crippen LogP contribution in [0.15, 0.2) is 11.6 Å². The van der Waals surface area contributed by atoms with Gasteiger partial charge >= 0.3 is 5.97 Å². The average molecular weight is 366 g/mol. The second-order valence-electron chi connectivity index (χ2n) is 9.23. The molecule has 0 aromatic rings. The van der Waals surface area contributed by atoms with Gasteiger partial charge in [0.15, 0.2) is 0 Å². The summed E-state index contributed by atoms with van der Waals surface area (Å²) >= 11 is 0. The molecule has 6 heteroatoms. The molecule has 0 radical (unpaired) electrons. The van der Waals surface area contributed by atoms with E-state index in [2.05, 4.69) is 6.92 Å². The highest BCUT2D eigenvalue weighted by atomic mass is 16.6. The van der Waals surface area contributed by atoms with Gasteiger partial charge in [0.25, 0.3) is 0 Å². The van der Waals surface area contributed by atoms with Gasteiger partial charge in [-0.3, -0.25) is 0 Å². The van der Waals surface area contributed by atoms with Crippen molar-refractivity contribution in [3.05, 3.63) is 11.6 Å². The standard InChI is InChI=1S/C20H30O6/c1-18-7-6-16(23)19(2,10-21)14(18)5-8-20(11-26-20)15(18)4-3-12-13(22)9-25-17(12)24/h3,13-16,21-23H,4-11H2,1-2H3/t13-,14?,15?,16-,18+,19+,20+/m1/s1. The second-order valence-corrected chi connectivity index (χ2v) is 9.23. The molecular weight excluding hydrogens is 336 g/mol. The fourth-order valence-corrected chi connectivity index (χ4v) is 6.24. The van der Waals surface area contributed by atoms with Crippen LogP contribution < -0.4 is 0 Å². The Morgan fingerprint density at radius 3 is 2.54 bits per heavy atom. The summed E-state index contributed by atoms with van der Waals surface area (Å²) in [5, 5.41) is 30.6. The number of fused-ring (bicyclic) bond motifs is 1.